The van der Waals surface area contributed by atoms with Gasteiger partial charge in [0.1, 0.15) is 0 Å². The second kappa shape index (κ2) is 8.39. The maximum Gasteiger partial charge on any atom is 0.469 e. The van der Waals surface area contributed by atoms with Crippen LogP contribution in [0.1, 0.15) is 84.5 Å². The zero-order valence-corrected chi connectivity index (χ0v) is 19.7. The van der Waals surface area contributed by atoms with E-state index in [1.807, 2.05) is 0 Å². The molecule has 178 valence electrons. The van der Waals surface area contributed by atoms with Gasteiger partial charge < -0.3 is 20.0 Å². The third-order valence-electron chi connectivity index (χ3n) is 10.0. The highest BCUT2D eigenvalue weighted by Crippen LogP contribution is 2.69. The van der Waals surface area contributed by atoms with Gasteiger partial charge in [0.2, 0.25) is 0 Å². The third-order valence-corrected chi connectivity index (χ3v) is 10.6. The van der Waals surface area contributed by atoms with Crippen molar-refractivity contribution in [1.82, 2.24) is 0 Å². The molecule has 4 aliphatic rings. The Labute approximate surface area is 185 Å². The fourth-order valence-electron chi connectivity index (χ4n) is 8.54. The summed E-state index contributed by atoms with van der Waals surface area (Å²) >= 11 is 0. The molecular weight excluding hydrogens is 419 g/mol. The molecule has 0 unspecified atom stereocenters. The number of carbonyl (C=O) groups is 1. The number of phosphoric ester groups is 1. The van der Waals surface area contributed by atoms with Gasteiger partial charge in [-0.2, -0.15) is 0 Å². The maximum absolute atomic E-state index is 11.9. The van der Waals surface area contributed by atoms with Crippen molar-refractivity contribution in [1.29, 1.82) is 0 Å². The highest BCUT2D eigenvalue weighted by Gasteiger charge is 2.63. The van der Waals surface area contributed by atoms with Crippen molar-refractivity contribution in [2.45, 2.75) is 96.7 Å². The summed E-state index contributed by atoms with van der Waals surface area (Å²) in [5.41, 5.74) is 0.162. The molecule has 0 aromatic carbocycles. The highest BCUT2D eigenvalue weighted by atomic mass is 31.2. The predicted octanol–water partition coefficient (Wildman–Crippen LogP) is 4.35. The van der Waals surface area contributed by atoms with Gasteiger partial charge in [-0.1, -0.05) is 13.8 Å². The third kappa shape index (κ3) is 4.38. The molecule has 4 fully saturated rings. The SMILES string of the molecule is C[C@]12CC[C@@H](O)C[C@H]1C[C@H](OP(=O)(O)O)[C@@H]1[C@@H]2CC[C@]2(C)[C@@H](CCCC(=O)O)CC[C@@H]12. The molecule has 0 aliphatic heterocycles. The molecule has 0 amide bonds. The van der Waals surface area contributed by atoms with Crippen molar-refractivity contribution in [2.75, 3.05) is 0 Å². The molecule has 4 saturated carbocycles. The largest absolute Gasteiger partial charge is 0.481 e. The second-order valence-electron chi connectivity index (χ2n) is 11.4. The Morgan fingerprint density at radius 3 is 2.39 bits per heavy atom. The Bertz CT molecular complexity index is 737. The lowest BCUT2D eigenvalue weighted by Gasteiger charge is -2.62. The molecule has 7 nitrogen and oxygen atoms in total. The fraction of sp³-hybridized carbons (Fsp3) is 0.957. The van der Waals surface area contributed by atoms with E-state index >= 15 is 0 Å². The van der Waals surface area contributed by atoms with Crippen LogP contribution in [0.2, 0.25) is 0 Å². The molecule has 4 rings (SSSR count). The van der Waals surface area contributed by atoms with E-state index in [1.165, 1.54) is 0 Å². The molecule has 4 N–H and O–H groups in total. The van der Waals surface area contributed by atoms with Gasteiger partial charge in [0.05, 0.1) is 12.2 Å². The minimum Gasteiger partial charge on any atom is -0.481 e. The molecule has 9 atom stereocenters. The van der Waals surface area contributed by atoms with Gasteiger partial charge in [0, 0.05) is 6.42 Å². The molecule has 0 aromatic rings. The van der Waals surface area contributed by atoms with E-state index in [2.05, 4.69) is 13.8 Å². The van der Waals surface area contributed by atoms with E-state index in [0.29, 0.717) is 37.0 Å². The Morgan fingerprint density at radius 2 is 1.71 bits per heavy atom. The first-order valence-corrected chi connectivity index (χ1v) is 13.6. The van der Waals surface area contributed by atoms with Crippen LogP contribution in [0.25, 0.3) is 0 Å². The van der Waals surface area contributed by atoms with Gasteiger partial charge in [-0.05, 0) is 105 Å². The minimum absolute atomic E-state index is 0.0769. The molecule has 8 heteroatoms. The number of fused-ring (bicyclic) bond motifs is 5. The first-order valence-electron chi connectivity index (χ1n) is 12.1. The molecular formula is C23H39O7P. The average molecular weight is 459 g/mol. The maximum atomic E-state index is 11.9. The average Bonchev–Trinajstić information content (AvgIpc) is 2.98. The van der Waals surface area contributed by atoms with Gasteiger partial charge >= 0.3 is 13.8 Å². The Balaban J connectivity index is 1.61. The molecule has 0 saturated heterocycles. The molecule has 0 radical (unpaired) electrons. The van der Waals surface area contributed by atoms with Crippen molar-refractivity contribution in [2.24, 2.45) is 40.4 Å². The number of aliphatic hydroxyl groups excluding tert-OH is 1. The van der Waals surface area contributed by atoms with Crippen LogP contribution in [0.5, 0.6) is 0 Å². The summed E-state index contributed by atoms with van der Waals surface area (Å²) in [6, 6.07) is 0. The lowest BCUT2D eigenvalue weighted by molar-refractivity contribution is -0.169. The van der Waals surface area contributed by atoms with Gasteiger partial charge in [0.15, 0.2) is 0 Å². The van der Waals surface area contributed by atoms with Crippen molar-refractivity contribution in [3.8, 4) is 0 Å². The van der Waals surface area contributed by atoms with E-state index in [4.69, 9.17) is 9.63 Å². The first-order chi connectivity index (χ1) is 14.4. The van der Waals surface area contributed by atoms with Gasteiger partial charge in [0.25, 0.3) is 0 Å². The summed E-state index contributed by atoms with van der Waals surface area (Å²) in [7, 11) is -4.61. The molecule has 0 bridgehead atoms. The number of carboxylic acids is 1. The number of hydrogen-bond acceptors (Lipinski definition) is 4. The van der Waals surface area contributed by atoms with E-state index in [1.54, 1.807) is 0 Å². The molecule has 31 heavy (non-hydrogen) atoms. The number of rotatable bonds is 6. The summed E-state index contributed by atoms with van der Waals surface area (Å²) in [6.07, 6.45) is 8.27. The fourth-order valence-corrected chi connectivity index (χ4v) is 9.12. The smallest absolute Gasteiger partial charge is 0.469 e. The predicted molar refractivity (Wildman–Crippen MR) is 115 cm³/mol. The van der Waals surface area contributed by atoms with Crippen LogP contribution in [0.4, 0.5) is 0 Å². The Hall–Kier alpha value is -0.460. The van der Waals surface area contributed by atoms with Crippen LogP contribution in [-0.4, -0.2) is 38.2 Å². The van der Waals surface area contributed by atoms with E-state index in [0.717, 1.165) is 44.9 Å². The van der Waals surface area contributed by atoms with E-state index in [-0.39, 0.29) is 35.2 Å². The number of aliphatic carboxylic acids is 1. The topological polar surface area (TPSA) is 124 Å². The quantitative estimate of drug-likeness (QED) is 0.436. The molecule has 0 aromatic heterocycles. The van der Waals surface area contributed by atoms with Crippen molar-refractivity contribution in [3.63, 3.8) is 0 Å². The first kappa shape index (κ1) is 23.7. The highest BCUT2D eigenvalue weighted by molar-refractivity contribution is 7.46. The number of aliphatic hydroxyl groups is 1. The molecule has 0 spiro atoms. The number of phosphoric acid groups is 1. The van der Waals surface area contributed by atoms with Crippen molar-refractivity contribution < 1.29 is 33.9 Å². The zero-order chi connectivity index (χ0) is 22.6. The van der Waals surface area contributed by atoms with Gasteiger partial charge in [-0.15, -0.1) is 0 Å². The molecule has 0 heterocycles. The van der Waals surface area contributed by atoms with Crippen LogP contribution in [0.3, 0.4) is 0 Å². The van der Waals surface area contributed by atoms with Crippen LogP contribution >= 0.6 is 7.82 Å². The van der Waals surface area contributed by atoms with Crippen LogP contribution < -0.4 is 0 Å². The molecule has 4 aliphatic carbocycles. The monoisotopic (exact) mass is 458 g/mol. The van der Waals surface area contributed by atoms with Crippen molar-refractivity contribution in [3.05, 3.63) is 0 Å². The lowest BCUT2D eigenvalue weighted by atomic mass is 9.44. The standard InChI is InChI=1S/C23H39O7P/c1-22-11-9-18-21(17(22)7-6-14(22)4-3-5-20(25)26)19(30-31(27,28)29)13-15-12-16(24)8-10-23(15,18)2/h14-19,21,24H,3-13H2,1-2H3,(H,25,26)(H2,27,28,29)/t14-,15-,16+,17-,18-,19-,21-,22+,23-/m0/s1. The summed E-state index contributed by atoms with van der Waals surface area (Å²) in [5.74, 6) is 0.767. The summed E-state index contributed by atoms with van der Waals surface area (Å²) in [6.45, 7) is 4.68. The van der Waals surface area contributed by atoms with E-state index in [9.17, 15) is 24.3 Å². The minimum atomic E-state index is -4.61. The second-order valence-corrected chi connectivity index (χ2v) is 12.6. The normalized spacial score (nSPS) is 47.3. The van der Waals surface area contributed by atoms with Crippen LogP contribution in [-0.2, 0) is 13.9 Å². The van der Waals surface area contributed by atoms with Gasteiger partial charge in [-0.25, -0.2) is 4.57 Å². The van der Waals surface area contributed by atoms with Crippen LogP contribution in [0, 0.1) is 40.4 Å². The Kier molecular flexibility index (Phi) is 6.41. The summed E-state index contributed by atoms with van der Waals surface area (Å²) in [4.78, 5) is 30.3. The lowest BCUT2D eigenvalue weighted by Crippen LogP contribution is -2.58. The summed E-state index contributed by atoms with van der Waals surface area (Å²) < 4.78 is 17.4. The number of hydrogen-bond donors (Lipinski definition) is 4. The number of carboxylic acid groups (broad SMARTS) is 1. The van der Waals surface area contributed by atoms with Gasteiger partial charge in [-0.3, -0.25) is 9.32 Å². The van der Waals surface area contributed by atoms with Crippen molar-refractivity contribution >= 4 is 13.8 Å². The zero-order valence-electron chi connectivity index (χ0n) is 18.8. The Morgan fingerprint density at radius 1 is 1.03 bits per heavy atom. The van der Waals surface area contributed by atoms with E-state index < -0.39 is 19.9 Å². The summed E-state index contributed by atoms with van der Waals surface area (Å²) in [5, 5.41) is 19.3. The van der Waals surface area contributed by atoms with Crippen LogP contribution in [0.15, 0.2) is 0 Å².